The van der Waals surface area contributed by atoms with Gasteiger partial charge in [0.2, 0.25) is 5.91 Å². The molecule has 0 radical (unpaired) electrons. The maximum atomic E-state index is 12.8. The second-order valence-corrected chi connectivity index (χ2v) is 7.29. The first-order chi connectivity index (χ1) is 13.1. The smallest absolute Gasteiger partial charge is 0.274 e. The Labute approximate surface area is 158 Å². The van der Waals surface area contributed by atoms with Gasteiger partial charge in [0.25, 0.3) is 5.91 Å². The molecule has 0 atom stereocenters. The molecule has 0 bridgehead atoms. The first-order valence-corrected chi connectivity index (χ1v) is 9.51. The van der Waals surface area contributed by atoms with Gasteiger partial charge in [-0.15, -0.1) is 0 Å². The number of nitrogens with one attached hydrogen (secondary N) is 2. The number of rotatable bonds is 3. The Morgan fingerprint density at radius 3 is 2.52 bits per heavy atom. The van der Waals surface area contributed by atoms with Crippen LogP contribution in [0.25, 0.3) is 0 Å². The van der Waals surface area contributed by atoms with E-state index in [1.807, 2.05) is 36.1 Å². The van der Waals surface area contributed by atoms with Crippen LogP contribution in [0.1, 0.15) is 32.9 Å². The molecule has 27 heavy (non-hydrogen) atoms. The van der Waals surface area contributed by atoms with Crippen LogP contribution < -0.4 is 5.32 Å². The molecule has 1 aromatic carbocycles. The number of carbonyl (C=O) groups is 2. The lowest BCUT2D eigenvalue weighted by Gasteiger charge is -2.34. The van der Waals surface area contributed by atoms with E-state index in [1.54, 1.807) is 4.90 Å². The molecule has 0 aliphatic carbocycles. The third kappa shape index (κ3) is 3.73. The molecule has 0 unspecified atom stereocenters. The maximum Gasteiger partial charge on any atom is 0.274 e. The summed E-state index contributed by atoms with van der Waals surface area (Å²) in [6, 6.07) is 8.06. The normalized spacial score (nSPS) is 16.9. The Kier molecular flexibility index (Phi) is 4.94. The largest absolute Gasteiger partial charge is 0.339 e. The molecule has 2 aliphatic rings. The minimum absolute atomic E-state index is 0.0400. The number of aromatic amines is 1. The molecule has 1 aromatic heterocycles. The van der Waals surface area contributed by atoms with E-state index in [-0.39, 0.29) is 11.8 Å². The third-order valence-corrected chi connectivity index (χ3v) is 5.40. The lowest BCUT2D eigenvalue weighted by Crippen LogP contribution is -2.51. The van der Waals surface area contributed by atoms with Crippen LogP contribution in [-0.4, -0.2) is 64.5 Å². The Balaban J connectivity index is 1.34. The summed E-state index contributed by atoms with van der Waals surface area (Å²) in [6.45, 7) is 5.87. The molecule has 4 rings (SSSR count). The highest BCUT2D eigenvalue weighted by atomic mass is 16.2. The summed E-state index contributed by atoms with van der Waals surface area (Å²) in [5, 5.41) is 10.5. The molecule has 1 saturated heterocycles. The number of amides is 2. The quantitative estimate of drug-likeness (QED) is 0.844. The molecule has 1 fully saturated rings. The van der Waals surface area contributed by atoms with E-state index in [4.69, 9.17) is 0 Å². The SMILES string of the molecule is Cc1ccc(CC(=O)N2CCN(C(=O)c3n[nH]c4c3CNCC4)CC2)cc1. The third-order valence-electron chi connectivity index (χ3n) is 5.40. The van der Waals surface area contributed by atoms with Crippen molar-refractivity contribution in [2.75, 3.05) is 32.7 Å². The van der Waals surface area contributed by atoms with Crippen LogP contribution in [0.4, 0.5) is 0 Å². The summed E-state index contributed by atoms with van der Waals surface area (Å²) in [5.41, 5.74) is 4.79. The molecule has 2 amide bonds. The zero-order chi connectivity index (χ0) is 18.8. The predicted octanol–water partition coefficient (Wildman–Crippen LogP) is 0.891. The van der Waals surface area contributed by atoms with Gasteiger partial charge < -0.3 is 15.1 Å². The Morgan fingerprint density at radius 2 is 1.78 bits per heavy atom. The summed E-state index contributed by atoms with van der Waals surface area (Å²) in [5.74, 6) is 0.0779. The summed E-state index contributed by atoms with van der Waals surface area (Å²) in [4.78, 5) is 29.0. The number of nitrogens with zero attached hydrogens (tertiary/aromatic N) is 3. The number of aryl methyl sites for hydroxylation is 1. The summed E-state index contributed by atoms with van der Waals surface area (Å²) < 4.78 is 0. The lowest BCUT2D eigenvalue weighted by molar-refractivity contribution is -0.131. The van der Waals surface area contributed by atoms with Crippen LogP contribution in [0.2, 0.25) is 0 Å². The monoisotopic (exact) mass is 367 g/mol. The van der Waals surface area contributed by atoms with Crippen molar-refractivity contribution in [1.82, 2.24) is 25.3 Å². The average molecular weight is 367 g/mol. The molecule has 3 heterocycles. The summed E-state index contributed by atoms with van der Waals surface area (Å²) in [6.07, 6.45) is 1.28. The van der Waals surface area contributed by atoms with Crippen molar-refractivity contribution < 1.29 is 9.59 Å². The fourth-order valence-electron chi connectivity index (χ4n) is 3.70. The topological polar surface area (TPSA) is 81.3 Å². The zero-order valence-corrected chi connectivity index (χ0v) is 15.6. The second kappa shape index (κ2) is 7.52. The van der Waals surface area contributed by atoms with Crippen molar-refractivity contribution in [2.24, 2.45) is 0 Å². The van der Waals surface area contributed by atoms with Crippen molar-refractivity contribution >= 4 is 11.8 Å². The number of benzene rings is 1. The molecule has 7 heteroatoms. The molecule has 0 saturated carbocycles. The fourth-order valence-corrected chi connectivity index (χ4v) is 3.70. The van der Waals surface area contributed by atoms with Crippen LogP contribution in [-0.2, 0) is 24.2 Å². The number of hydrogen-bond acceptors (Lipinski definition) is 4. The highest BCUT2D eigenvalue weighted by Crippen LogP contribution is 2.18. The van der Waals surface area contributed by atoms with Crippen molar-refractivity contribution in [3.8, 4) is 0 Å². The Hall–Kier alpha value is -2.67. The number of hydrogen-bond donors (Lipinski definition) is 2. The van der Waals surface area contributed by atoms with Crippen molar-refractivity contribution in [3.05, 3.63) is 52.3 Å². The van der Waals surface area contributed by atoms with Gasteiger partial charge in [0, 0.05) is 56.9 Å². The van der Waals surface area contributed by atoms with E-state index in [2.05, 4.69) is 15.5 Å². The highest BCUT2D eigenvalue weighted by molar-refractivity contribution is 5.94. The molecule has 2 N–H and O–H groups in total. The standard InChI is InChI=1S/C20H25N5O2/c1-14-2-4-15(5-3-14)12-18(26)24-8-10-25(11-9-24)20(27)19-16-13-21-7-6-17(16)22-23-19/h2-5,21H,6-13H2,1H3,(H,22,23). The summed E-state index contributed by atoms with van der Waals surface area (Å²) in [7, 11) is 0. The van der Waals surface area contributed by atoms with E-state index in [0.717, 1.165) is 29.8 Å². The first kappa shape index (κ1) is 17.7. The second-order valence-electron chi connectivity index (χ2n) is 7.29. The van der Waals surface area contributed by atoms with E-state index in [9.17, 15) is 9.59 Å². The molecule has 142 valence electrons. The molecule has 7 nitrogen and oxygen atoms in total. The molecular weight excluding hydrogens is 342 g/mol. The minimum atomic E-state index is -0.0400. The van der Waals surface area contributed by atoms with Crippen molar-refractivity contribution in [1.29, 1.82) is 0 Å². The predicted molar refractivity (Wildman–Crippen MR) is 101 cm³/mol. The molecular formula is C20H25N5O2. The number of piperazine rings is 1. The van der Waals surface area contributed by atoms with Crippen LogP contribution in [0, 0.1) is 6.92 Å². The van der Waals surface area contributed by atoms with Crippen molar-refractivity contribution in [2.45, 2.75) is 26.3 Å². The van der Waals surface area contributed by atoms with Gasteiger partial charge >= 0.3 is 0 Å². The van der Waals surface area contributed by atoms with Crippen LogP contribution in [0.5, 0.6) is 0 Å². The van der Waals surface area contributed by atoms with Gasteiger partial charge in [0.1, 0.15) is 0 Å². The van der Waals surface area contributed by atoms with Crippen LogP contribution in [0.3, 0.4) is 0 Å². The zero-order valence-electron chi connectivity index (χ0n) is 15.6. The van der Waals surface area contributed by atoms with Crippen LogP contribution in [0.15, 0.2) is 24.3 Å². The van der Waals surface area contributed by atoms with E-state index >= 15 is 0 Å². The first-order valence-electron chi connectivity index (χ1n) is 9.51. The maximum absolute atomic E-state index is 12.8. The fraction of sp³-hybridized carbons (Fsp3) is 0.450. The number of H-pyrrole nitrogens is 1. The van der Waals surface area contributed by atoms with Gasteiger partial charge in [-0.3, -0.25) is 14.7 Å². The van der Waals surface area contributed by atoms with Gasteiger partial charge in [0.15, 0.2) is 5.69 Å². The Bertz CT molecular complexity index is 835. The van der Waals surface area contributed by atoms with Gasteiger partial charge in [-0.1, -0.05) is 29.8 Å². The number of carbonyl (C=O) groups excluding carboxylic acids is 2. The number of aromatic nitrogens is 2. The van der Waals surface area contributed by atoms with E-state index in [0.29, 0.717) is 44.8 Å². The lowest BCUT2D eigenvalue weighted by atomic mass is 10.1. The van der Waals surface area contributed by atoms with Crippen molar-refractivity contribution in [3.63, 3.8) is 0 Å². The Morgan fingerprint density at radius 1 is 1.07 bits per heavy atom. The van der Waals surface area contributed by atoms with E-state index in [1.165, 1.54) is 5.56 Å². The van der Waals surface area contributed by atoms with Crippen LogP contribution >= 0.6 is 0 Å². The average Bonchev–Trinajstić information content (AvgIpc) is 3.13. The molecule has 2 aromatic rings. The number of fused-ring (bicyclic) bond motifs is 1. The van der Waals surface area contributed by atoms with E-state index < -0.39 is 0 Å². The van der Waals surface area contributed by atoms with Gasteiger partial charge in [-0.25, -0.2) is 0 Å². The minimum Gasteiger partial charge on any atom is -0.339 e. The summed E-state index contributed by atoms with van der Waals surface area (Å²) >= 11 is 0. The highest BCUT2D eigenvalue weighted by Gasteiger charge is 2.29. The van der Waals surface area contributed by atoms with Gasteiger partial charge in [-0.2, -0.15) is 5.10 Å². The molecule has 2 aliphatic heterocycles. The van der Waals surface area contributed by atoms with Gasteiger partial charge in [0.05, 0.1) is 6.42 Å². The van der Waals surface area contributed by atoms with Gasteiger partial charge in [-0.05, 0) is 12.5 Å². The molecule has 0 spiro atoms.